The van der Waals surface area contributed by atoms with E-state index in [2.05, 4.69) is 15.7 Å². The number of β-amino-alcohol motifs (C(OH)–C–C–N with tert-alkyl or cyclic N) is 1. The van der Waals surface area contributed by atoms with E-state index in [1.807, 2.05) is 30.3 Å². The maximum absolute atomic E-state index is 12.5. The molecule has 128 valence electrons. The van der Waals surface area contributed by atoms with E-state index < -0.39 is 11.6 Å². The average Bonchev–Trinajstić information content (AvgIpc) is 3.01. The molecule has 0 bridgehead atoms. The Kier molecular flexibility index (Phi) is 5.18. The lowest BCUT2D eigenvalue weighted by molar-refractivity contribution is -0.126. The van der Waals surface area contributed by atoms with Crippen LogP contribution in [0.4, 0.5) is 0 Å². The van der Waals surface area contributed by atoms with Gasteiger partial charge in [-0.3, -0.25) is 9.48 Å². The molecule has 1 saturated heterocycles. The Morgan fingerprint density at radius 2 is 2.25 bits per heavy atom. The smallest absolute Gasteiger partial charge is 0.222 e. The minimum atomic E-state index is -0.759. The molecule has 0 saturated carbocycles. The Labute approximate surface area is 145 Å². The molecule has 1 aromatic heterocycles. The number of aliphatic hydroxyl groups is 1. The maximum Gasteiger partial charge on any atom is 0.222 e. The number of rotatable bonds is 5. The number of aryl methyl sites for hydroxylation is 1. The third-order valence-corrected chi connectivity index (χ3v) is 4.62. The summed E-state index contributed by atoms with van der Waals surface area (Å²) in [6.45, 7) is 1.63. The SMILES string of the molecule is O=C(CCn1cc(Cl)cn1)N[C@@]1(c2ccccc2)CCNC[C@H]1O. The van der Waals surface area contributed by atoms with Gasteiger partial charge < -0.3 is 15.7 Å². The van der Waals surface area contributed by atoms with Crippen molar-refractivity contribution in [3.05, 3.63) is 53.3 Å². The Morgan fingerprint density at radius 1 is 1.46 bits per heavy atom. The highest BCUT2D eigenvalue weighted by atomic mass is 35.5. The fourth-order valence-corrected chi connectivity index (χ4v) is 3.30. The van der Waals surface area contributed by atoms with Gasteiger partial charge in [-0.1, -0.05) is 41.9 Å². The number of carbonyl (C=O) groups is 1. The first-order valence-corrected chi connectivity index (χ1v) is 8.41. The normalized spacial score (nSPS) is 23.8. The van der Waals surface area contributed by atoms with Crippen LogP contribution in [0.15, 0.2) is 42.7 Å². The third kappa shape index (κ3) is 3.61. The van der Waals surface area contributed by atoms with E-state index in [-0.39, 0.29) is 12.3 Å². The van der Waals surface area contributed by atoms with Crippen LogP contribution in [0.3, 0.4) is 0 Å². The first-order chi connectivity index (χ1) is 11.6. The van der Waals surface area contributed by atoms with E-state index in [1.165, 1.54) is 0 Å². The van der Waals surface area contributed by atoms with Gasteiger partial charge in [-0.05, 0) is 18.5 Å². The van der Waals surface area contributed by atoms with Crippen LogP contribution >= 0.6 is 11.6 Å². The lowest BCUT2D eigenvalue weighted by atomic mass is 9.79. The molecule has 1 aliphatic heterocycles. The standard InChI is InChI=1S/C17H21ClN4O2/c18-14-10-20-22(12-14)9-6-16(24)21-17(7-8-19-11-15(17)23)13-4-2-1-3-5-13/h1-5,10,12,15,19,23H,6-9,11H2,(H,21,24)/t15-,17-/m1/s1. The topological polar surface area (TPSA) is 79.2 Å². The molecule has 1 aliphatic rings. The van der Waals surface area contributed by atoms with Crippen LogP contribution in [0.2, 0.25) is 5.02 Å². The van der Waals surface area contributed by atoms with Gasteiger partial charge >= 0.3 is 0 Å². The minimum absolute atomic E-state index is 0.119. The summed E-state index contributed by atoms with van der Waals surface area (Å²) in [5, 5.41) is 21.4. The number of piperidine rings is 1. The summed E-state index contributed by atoms with van der Waals surface area (Å²) in [5.41, 5.74) is 0.167. The van der Waals surface area contributed by atoms with E-state index in [0.29, 0.717) is 24.5 Å². The summed E-state index contributed by atoms with van der Waals surface area (Å²) in [4.78, 5) is 12.5. The largest absolute Gasteiger partial charge is 0.389 e. The van der Waals surface area contributed by atoms with Gasteiger partial charge in [-0.15, -0.1) is 0 Å². The lowest BCUT2D eigenvalue weighted by Gasteiger charge is -2.43. The molecule has 2 heterocycles. The molecule has 0 unspecified atom stereocenters. The first kappa shape index (κ1) is 17.0. The number of hydrogen-bond acceptors (Lipinski definition) is 4. The van der Waals surface area contributed by atoms with Gasteiger partial charge in [0.15, 0.2) is 0 Å². The van der Waals surface area contributed by atoms with Crippen molar-refractivity contribution in [2.24, 2.45) is 0 Å². The Morgan fingerprint density at radius 3 is 2.92 bits per heavy atom. The minimum Gasteiger partial charge on any atom is -0.389 e. The molecule has 2 atom stereocenters. The van der Waals surface area contributed by atoms with Gasteiger partial charge in [0, 0.05) is 25.7 Å². The molecule has 7 heteroatoms. The number of aromatic nitrogens is 2. The second-order valence-electron chi connectivity index (χ2n) is 6.03. The molecule has 1 amide bonds. The number of nitrogens with one attached hydrogen (secondary N) is 2. The van der Waals surface area contributed by atoms with Gasteiger partial charge in [0.2, 0.25) is 5.91 Å². The Balaban J connectivity index is 1.73. The van der Waals surface area contributed by atoms with Crippen molar-refractivity contribution in [3.8, 4) is 0 Å². The fraction of sp³-hybridized carbons (Fsp3) is 0.412. The first-order valence-electron chi connectivity index (χ1n) is 8.03. The summed E-state index contributed by atoms with van der Waals surface area (Å²) in [6, 6.07) is 9.66. The molecule has 2 aromatic rings. The van der Waals surface area contributed by atoms with E-state index in [9.17, 15) is 9.90 Å². The van der Waals surface area contributed by atoms with Crippen LogP contribution in [0.1, 0.15) is 18.4 Å². The summed E-state index contributed by atoms with van der Waals surface area (Å²) >= 11 is 5.83. The van der Waals surface area contributed by atoms with E-state index in [4.69, 9.17) is 11.6 Å². The monoisotopic (exact) mass is 348 g/mol. The third-order valence-electron chi connectivity index (χ3n) is 4.42. The molecular weight excluding hydrogens is 328 g/mol. The van der Waals surface area contributed by atoms with Crippen molar-refractivity contribution in [2.75, 3.05) is 13.1 Å². The van der Waals surface area contributed by atoms with Gasteiger partial charge in [-0.25, -0.2) is 0 Å². The van der Waals surface area contributed by atoms with Crippen molar-refractivity contribution >= 4 is 17.5 Å². The highest BCUT2D eigenvalue weighted by molar-refractivity contribution is 6.30. The van der Waals surface area contributed by atoms with Crippen LogP contribution in [0.25, 0.3) is 0 Å². The zero-order valence-electron chi connectivity index (χ0n) is 13.3. The van der Waals surface area contributed by atoms with Crippen molar-refractivity contribution < 1.29 is 9.90 Å². The predicted octanol–water partition coefficient (Wildman–Crippen LogP) is 1.29. The number of benzene rings is 1. The second-order valence-corrected chi connectivity index (χ2v) is 6.46. The number of halogens is 1. The van der Waals surface area contributed by atoms with Crippen molar-refractivity contribution in [1.82, 2.24) is 20.4 Å². The van der Waals surface area contributed by atoms with Gasteiger partial charge in [0.25, 0.3) is 0 Å². The molecule has 1 aromatic carbocycles. The molecule has 3 rings (SSSR count). The molecule has 0 aliphatic carbocycles. The molecule has 1 fully saturated rings. The molecule has 6 nitrogen and oxygen atoms in total. The van der Waals surface area contributed by atoms with Crippen LogP contribution in [0.5, 0.6) is 0 Å². The van der Waals surface area contributed by atoms with Crippen LogP contribution in [-0.4, -0.2) is 40.0 Å². The fourth-order valence-electron chi connectivity index (χ4n) is 3.14. The quantitative estimate of drug-likeness (QED) is 0.761. The van der Waals surface area contributed by atoms with Gasteiger partial charge in [0.1, 0.15) is 0 Å². The molecule has 0 radical (unpaired) electrons. The summed E-state index contributed by atoms with van der Waals surface area (Å²) in [6.07, 6.45) is 3.45. The summed E-state index contributed by atoms with van der Waals surface area (Å²) in [5.74, 6) is -0.119. The highest BCUT2D eigenvalue weighted by Gasteiger charge is 2.42. The molecule has 0 spiro atoms. The number of hydrogen-bond donors (Lipinski definition) is 3. The Bertz CT molecular complexity index is 691. The molecular formula is C17H21ClN4O2. The second kappa shape index (κ2) is 7.34. The maximum atomic E-state index is 12.5. The van der Waals surface area contributed by atoms with Gasteiger partial charge in [0.05, 0.1) is 22.9 Å². The number of aliphatic hydroxyl groups excluding tert-OH is 1. The Hall–Kier alpha value is -1.89. The molecule has 3 N–H and O–H groups in total. The van der Waals surface area contributed by atoms with Crippen LogP contribution in [-0.2, 0) is 16.9 Å². The van der Waals surface area contributed by atoms with Crippen molar-refractivity contribution in [2.45, 2.75) is 31.0 Å². The van der Waals surface area contributed by atoms with E-state index in [1.54, 1.807) is 17.1 Å². The van der Waals surface area contributed by atoms with Gasteiger partial charge in [-0.2, -0.15) is 5.10 Å². The lowest BCUT2D eigenvalue weighted by Crippen LogP contribution is -2.61. The number of amides is 1. The van der Waals surface area contributed by atoms with Crippen molar-refractivity contribution in [1.29, 1.82) is 0 Å². The zero-order chi connectivity index (χ0) is 17.0. The molecule has 24 heavy (non-hydrogen) atoms. The number of nitrogens with zero attached hydrogens (tertiary/aromatic N) is 2. The van der Waals surface area contributed by atoms with Crippen LogP contribution < -0.4 is 10.6 Å². The highest BCUT2D eigenvalue weighted by Crippen LogP contribution is 2.31. The zero-order valence-corrected chi connectivity index (χ0v) is 14.0. The predicted molar refractivity (Wildman–Crippen MR) is 91.6 cm³/mol. The average molecular weight is 349 g/mol. The van der Waals surface area contributed by atoms with E-state index in [0.717, 1.165) is 12.1 Å². The summed E-state index contributed by atoms with van der Waals surface area (Å²) < 4.78 is 1.63. The summed E-state index contributed by atoms with van der Waals surface area (Å²) in [7, 11) is 0. The van der Waals surface area contributed by atoms with E-state index >= 15 is 0 Å². The van der Waals surface area contributed by atoms with Crippen molar-refractivity contribution in [3.63, 3.8) is 0 Å². The number of carbonyl (C=O) groups excluding carboxylic acids is 1. The van der Waals surface area contributed by atoms with Crippen LogP contribution in [0, 0.1) is 0 Å².